The van der Waals surface area contributed by atoms with E-state index in [2.05, 4.69) is 78.7 Å². The minimum Gasteiger partial charge on any atom is -0.339 e. The molecule has 130 valence electrons. The fourth-order valence-corrected chi connectivity index (χ4v) is 3.39. The zero-order valence-corrected chi connectivity index (χ0v) is 15.2. The highest BCUT2D eigenvalue weighted by atomic mass is 14.9. The highest BCUT2D eigenvalue weighted by Gasteiger charge is 2.07. The van der Waals surface area contributed by atoms with Gasteiger partial charge >= 0.3 is 0 Å². The van der Waals surface area contributed by atoms with Gasteiger partial charge in [0.25, 0.3) is 0 Å². The van der Waals surface area contributed by atoms with E-state index in [1.54, 1.807) is 0 Å². The number of aromatic nitrogens is 2. The van der Waals surface area contributed by atoms with E-state index < -0.39 is 0 Å². The second kappa shape index (κ2) is 7.57. The molecule has 0 unspecified atom stereocenters. The molecule has 0 saturated carbocycles. The molecule has 0 aliphatic heterocycles. The van der Waals surface area contributed by atoms with E-state index in [0.717, 1.165) is 17.6 Å². The van der Waals surface area contributed by atoms with Crippen LogP contribution in [0.1, 0.15) is 43.0 Å². The van der Waals surface area contributed by atoms with Gasteiger partial charge < -0.3 is 4.98 Å². The number of benzene rings is 2. The summed E-state index contributed by atoms with van der Waals surface area (Å²) in [6.45, 7) is 2.23. The van der Waals surface area contributed by atoms with Gasteiger partial charge in [-0.1, -0.05) is 68.3 Å². The van der Waals surface area contributed by atoms with E-state index >= 15 is 0 Å². The average molecular weight is 340 g/mol. The molecule has 26 heavy (non-hydrogen) atoms. The Morgan fingerprint density at radius 2 is 1.69 bits per heavy atom. The molecule has 2 aromatic carbocycles. The minimum atomic E-state index is 0.998. The maximum absolute atomic E-state index is 4.83. The van der Waals surface area contributed by atoms with Crippen LogP contribution < -0.4 is 0 Å². The molecule has 0 fully saturated rings. The van der Waals surface area contributed by atoms with E-state index in [1.165, 1.54) is 46.9 Å². The summed E-state index contributed by atoms with van der Waals surface area (Å²) >= 11 is 0. The Morgan fingerprint density at radius 1 is 0.846 bits per heavy atom. The second-order valence-electron chi connectivity index (χ2n) is 6.83. The van der Waals surface area contributed by atoms with Crippen molar-refractivity contribution in [3.63, 3.8) is 0 Å². The first kappa shape index (κ1) is 16.6. The summed E-state index contributed by atoms with van der Waals surface area (Å²) in [5.41, 5.74) is 5.74. The molecule has 0 atom stereocenters. The molecule has 0 spiro atoms. The van der Waals surface area contributed by atoms with Crippen LogP contribution in [0.4, 0.5) is 0 Å². The summed E-state index contributed by atoms with van der Waals surface area (Å²) in [5.74, 6) is 0. The van der Waals surface area contributed by atoms with Crippen molar-refractivity contribution in [2.45, 2.75) is 32.6 Å². The number of unbranched alkanes of at least 4 members (excludes halogenated alkanes) is 2. The number of nitrogens with one attached hydrogen (secondary N) is 1. The number of aromatic amines is 1. The lowest BCUT2D eigenvalue weighted by molar-refractivity contribution is 0.708. The molecule has 1 N–H and O–H groups in total. The van der Waals surface area contributed by atoms with E-state index in [9.17, 15) is 0 Å². The molecule has 0 radical (unpaired) electrons. The van der Waals surface area contributed by atoms with E-state index in [-0.39, 0.29) is 0 Å². The molecule has 0 aliphatic carbocycles. The number of pyridine rings is 1. The van der Waals surface area contributed by atoms with Gasteiger partial charge in [-0.15, -0.1) is 0 Å². The van der Waals surface area contributed by atoms with E-state index in [1.807, 2.05) is 6.07 Å². The van der Waals surface area contributed by atoms with Gasteiger partial charge in [-0.05, 0) is 48.2 Å². The van der Waals surface area contributed by atoms with Crippen LogP contribution in [-0.4, -0.2) is 9.97 Å². The summed E-state index contributed by atoms with van der Waals surface area (Å²) in [5, 5.41) is 2.44. The van der Waals surface area contributed by atoms with Gasteiger partial charge in [0.1, 0.15) is 5.65 Å². The molecule has 0 saturated heterocycles. The first-order chi connectivity index (χ1) is 12.8. The first-order valence-corrected chi connectivity index (χ1v) is 9.48. The van der Waals surface area contributed by atoms with Crippen molar-refractivity contribution < 1.29 is 0 Å². The SMILES string of the molecule is CCCCCc1ccc2c(n1)[nH]c1ccc(C=Cc3ccccc3)cc12. The fraction of sp³-hybridized carbons (Fsp3) is 0.208. The lowest BCUT2D eigenvalue weighted by Crippen LogP contribution is -1.90. The van der Waals surface area contributed by atoms with E-state index in [0.29, 0.717) is 0 Å². The van der Waals surface area contributed by atoms with Crippen molar-refractivity contribution >= 4 is 34.1 Å². The Labute approximate surface area is 154 Å². The minimum absolute atomic E-state index is 0.998. The Hall–Kier alpha value is -2.87. The van der Waals surface area contributed by atoms with Crippen molar-refractivity contribution in [1.82, 2.24) is 9.97 Å². The summed E-state index contributed by atoms with van der Waals surface area (Å²) in [6, 6.07) is 21.3. The molecule has 2 aromatic heterocycles. The maximum Gasteiger partial charge on any atom is 0.138 e. The lowest BCUT2D eigenvalue weighted by atomic mass is 10.1. The number of rotatable bonds is 6. The van der Waals surface area contributed by atoms with Crippen LogP contribution >= 0.6 is 0 Å². The third-order valence-corrected chi connectivity index (χ3v) is 4.84. The van der Waals surface area contributed by atoms with Crippen molar-refractivity contribution in [1.29, 1.82) is 0 Å². The molecule has 2 heterocycles. The summed E-state index contributed by atoms with van der Waals surface area (Å²) in [6.07, 6.45) is 9.10. The Balaban J connectivity index is 1.64. The van der Waals surface area contributed by atoms with Crippen LogP contribution in [0.3, 0.4) is 0 Å². The van der Waals surface area contributed by atoms with E-state index in [4.69, 9.17) is 4.98 Å². The highest BCUT2D eigenvalue weighted by Crippen LogP contribution is 2.26. The third-order valence-electron chi connectivity index (χ3n) is 4.84. The van der Waals surface area contributed by atoms with Gasteiger partial charge in [0, 0.05) is 22.0 Å². The number of hydrogen-bond acceptors (Lipinski definition) is 1. The summed E-state index contributed by atoms with van der Waals surface area (Å²) < 4.78 is 0. The first-order valence-electron chi connectivity index (χ1n) is 9.48. The molecule has 0 aliphatic rings. The third kappa shape index (κ3) is 3.55. The Kier molecular flexibility index (Phi) is 4.83. The van der Waals surface area contributed by atoms with Crippen LogP contribution in [0.25, 0.3) is 34.1 Å². The van der Waals surface area contributed by atoms with Crippen molar-refractivity contribution in [3.05, 3.63) is 77.5 Å². The average Bonchev–Trinajstić information content (AvgIpc) is 3.04. The number of H-pyrrole nitrogens is 1. The Morgan fingerprint density at radius 3 is 2.54 bits per heavy atom. The fourth-order valence-electron chi connectivity index (χ4n) is 3.39. The van der Waals surface area contributed by atoms with Crippen LogP contribution in [-0.2, 0) is 6.42 Å². The second-order valence-corrected chi connectivity index (χ2v) is 6.83. The number of fused-ring (bicyclic) bond motifs is 3. The molecule has 4 aromatic rings. The molecule has 2 nitrogen and oxygen atoms in total. The molecule has 2 heteroatoms. The standard InChI is InChI=1S/C24H24N2/c1-2-3-5-10-20-14-15-21-22-17-19(12-11-18-8-6-4-7-9-18)13-16-23(22)26-24(21)25-20/h4,6-9,11-17H,2-3,5,10H2,1H3,(H,25,26). The molecular weight excluding hydrogens is 316 g/mol. The molecular formula is C24H24N2. The van der Waals surface area contributed by atoms with Crippen molar-refractivity contribution in [2.24, 2.45) is 0 Å². The quantitative estimate of drug-likeness (QED) is 0.310. The van der Waals surface area contributed by atoms with Gasteiger partial charge in [-0.25, -0.2) is 4.98 Å². The van der Waals surface area contributed by atoms with Crippen molar-refractivity contribution in [2.75, 3.05) is 0 Å². The molecule has 0 amide bonds. The van der Waals surface area contributed by atoms with Crippen LogP contribution in [0.5, 0.6) is 0 Å². The zero-order chi connectivity index (χ0) is 17.8. The summed E-state index contributed by atoms with van der Waals surface area (Å²) in [7, 11) is 0. The maximum atomic E-state index is 4.83. The number of aryl methyl sites for hydroxylation is 1. The van der Waals surface area contributed by atoms with Gasteiger partial charge in [0.05, 0.1) is 0 Å². The van der Waals surface area contributed by atoms with Gasteiger partial charge in [0.15, 0.2) is 0 Å². The van der Waals surface area contributed by atoms with Gasteiger partial charge in [-0.2, -0.15) is 0 Å². The largest absolute Gasteiger partial charge is 0.339 e. The van der Waals surface area contributed by atoms with Crippen LogP contribution in [0.2, 0.25) is 0 Å². The van der Waals surface area contributed by atoms with Gasteiger partial charge in [-0.3, -0.25) is 0 Å². The Bertz CT molecular complexity index is 1040. The zero-order valence-electron chi connectivity index (χ0n) is 15.2. The van der Waals surface area contributed by atoms with Crippen molar-refractivity contribution in [3.8, 4) is 0 Å². The number of hydrogen-bond donors (Lipinski definition) is 1. The smallest absolute Gasteiger partial charge is 0.138 e. The van der Waals surface area contributed by atoms with Crippen LogP contribution in [0.15, 0.2) is 60.7 Å². The molecule has 0 bridgehead atoms. The lowest BCUT2D eigenvalue weighted by Gasteiger charge is -2.00. The predicted molar refractivity (Wildman–Crippen MR) is 112 cm³/mol. The summed E-state index contributed by atoms with van der Waals surface area (Å²) in [4.78, 5) is 8.31. The molecule has 4 rings (SSSR count). The highest BCUT2D eigenvalue weighted by molar-refractivity contribution is 6.06. The van der Waals surface area contributed by atoms with Gasteiger partial charge in [0.2, 0.25) is 0 Å². The topological polar surface area (TPSA) is 28.7 Å². The normalized spacial score (nSPS) is 11.7. The predicted octanol–water partition coefficient (Wildman–Crippen LogP) is 6.62. The number of nitrogens with zero attached hydrogens (tertiary/aromatic N) is 1. The van der Waals surface area contributed by atoms with Crippen LogP contribution in [0, 0.1) is 0 Å². The monoisotopic (exact) mass is 340 g/mol.